The fourth-order valence-electron chi connectivity index (χ4n) is 1.91. The van der Waals surface area contributed by atoms with Crippen molar-refractivity contribution in [3.63, 3.8) is 0 Å². The van der Waals surface area contributed by atoms with Crippen molar-refractivity contribution in [2.45, 2.75) is 31.2 Å². The molecule has 1 aromatic heterocycles. The summed E-state index contributed by atoms with van der Waals surface area (Å²) in [7, 11) is -1.57. The van der Waals surface area contributed by atoms with Gasteiger partial charge in [0, 0.05) is 29.5 Å². The fraction of sp³-hybridized carbons (Fsp3) is 0.692. The first kappa shape index (κ1) is 15.9. The average Bonchev–Trinajstić information content (AvgIpc) is 3.12. The van der Waals surface area contributed by atoms with Crippen LogP contribution < -0.4 is 10.0 Å². The van der Waals surface area contributed by atoms with E-state index in [4.69, 9.17) is 4.74 Å². The van der Waals surface area contributed by atoms with Crippen LogP contribution in [0.1, 0.15) is 22.6 Å². The number of hydrogen-bond acceptors (Lipinski definition) is 5. The Balaban J connectivity index is 1.84. The van der Waals surface area contributed by atoms with Crippen LogP contribution in [0.3, 0.4) is 0 Å². The van der Waals surface area contributed by atoms with Crippen molar-refractivity contribution in [1.82, 2.24) is 10.0 Å². The highest BCUT2D eigenvalue weighted by atomic mass is 32.2. The third kappa shape index (κ3) is 4.53. The molecule has 1 fully saturated rings. The molecule has 0 spiro atoms. The van der Waals surface area contributed by atoms with E-state index in [-0.39, 0.29) is 0 Å². The zero-order valence-corrected chi connectivity index (χ0v) is 13.6. The molecule has 0 aliphatic heterocycles. The van der Waals surface area contributed by atoms with Gasteiger partial charge in [-0.1, -0.05) is 0 Å². The van der Waals surface area contributed by atoms with E-state index in [1.54, 1.807) is 6.07 Å². The number of nitrogens with one attached hydrogen (secondary N) is 2. The highest BCUT2D eigenvalue weighted by molar-refractivity contribution is 7.89. The lowest BCUT2D eigenvalue weighted by Gasteiger charge is -2.06. The molecule has 1 aliphatic carbocycles. The minimum Gasteiger partial charge on any atom is -0.380 e. The topological polar surface area (TPSA) is 67.4 Å². The van der Waals surface area contributed by atoms with Gasteiger partial charge in [-0.25, -0.2) is 13.1 Å². The van der Waals surface area contributed by atoms with Crippen LogP contribution in [0.5, 0.6) is 0 Å². The Morgan fingerprint density at radius 1 is 1.45 bits per heavy atom. The van der Waals surface area contributed by atoms with E-state index in [2.05, 4.69) is 10.0 Å². The van der Waals surface area contributed by atoms with Gasteiger partial charge < -0.3 is 10.1 Å². The minimum absolute atomic E-state index is 0.325. The molecule has 1 aromatic rings. The molecule has 2 N–H and O–H groups in total. The van der Waals surface area contributed by atoms with Crippen molar-refractivity contribution in [2.24, 2.45) is 5.92 Å². The normalized spacial score (nSPS) is 15.7. The predicted octanol–water partition coefficient (Wildman–Crippen LogP) is 1.48. The largest absolute Gasteiger partial charge is 0.380 e. The van der Waals surface area contributed by atoms with Gasteiger partial charge in [0.05, 0.1) is 11.5 Å². The SMILES string of the molecule is CNCc1cc(S(=O)(=O)NCCOCC2CC2)c(C)s1. The smallest absolute Gasteiger partial charge is 0.241 e. The fourth-order valence-corrected chi connectivity index (χ4v) is 4.57. The van der Waals surface area contributed by atoms with Crippen molar-refractivity contribution in [1.29, 1.82) is 0 Å². The second-order valence-corrected chi connectivity index (χ2v) is 8.16. The first-order valence-corrected chi connectivity index (χ1v) is 9.14. The van der Waals surface area contributed by atoms with Gasteiger partial charge in [0.1, 0.15) is 0 Å². The second kappa shape index (κ2) is 7.00. The Labute approximate surface area is 124 Å². The van der Waals surface area contributed by atoms with Gasteiger partial charge in [0.15, 0.2) is 0 Å². The number of rotatable bonds is 9. The molecule has 1 aliphatic rings. The molecule has 2 rings (SSSR count). The van der Waals surface area contributed by atoms with Crippen LogP contribution in [-0.2, 0) is 21.3 Å². The maximum atomic E-state index is 12.2. The highest BCUT2D eigenvalue weighted by Crippen LogP contribution is 2.28. The second-order valence-electron chi connectivity index (χ2n) is 5.08. The molecule has 0 atom stereocenters. The molecular formula is C13H22N2O3S2. The monoisotopic (exact) mass is 318 g/mol. The van der Waals surface area contributed by atoms with Crippen LogP contribution in [-0.4, -0.2) is 35.2 Å². The first-order valence-electron chi connectivity index (χ1n) is 6.84. The lowest BCUT2D eigenvalue weighted by atomic mass is 10.4. The summed E-state index contributed by atoms with van der Waals surface area (Å²) in [6.45, 7) is 4.03. The standard InChI is InChI=1S/C13H22N2O3S2/c1-10-13(7-12(19-10)8-14-2)20(16,17)15-5-6-18-9-11-3-4-11/h7,11,14-15H,3-6,8-9H2,1-2H3. The van der Waals surface area contributed by atoms with Crippen molar-refractivity contribution < 1.29 is 13.2 Å². The van der Waals surface area contributed by atoms with Gasteiger partial charge in [-0.05, 0) is 38.8 Å². The molecule has 5 nitrogen and oxygen atoms in total. The molecule has 1 saturated carbocycles. The summed E-state index contributed by atoms with van der Waals surface area (Å²) < 4.78 is 32.4. The van der Waals surface area contributed by atoms with Gasteiger partial charge in [-0.2, -0.15) is 0 Å². The summed E-state index contributed by atoms with van der Waals surface area (Å²) >= 11 is 1.51. The number of sulfonamides is 1. The Bertz CT molecular complexity index is 536. The third-order valence-corrected chi connectivity index (χ3v) is 5.92. The Morgan fingerprint density at radius 2 is 2.20 bits per heavy atom. The average molecular weight is 318 g/mol. The maximum absolute atomic E-state index is 12.2. The van der Waals surface area contributed by atoms with E-state index < -0.39 is 10.0 Å². The molecule has 7 heteroatoms. The minimum atomic E-state index is -3.42. The summed E-state index contributed by atoms with van der Waals surface area (Å²) in [6, 6.07) is 1.74. The maximum Gasteiger partial charge on any atom is 0.241 e. The summed E-state index contributed by atoms with van der Waals surface area (Å²) in [5.74, 6) is 0.704. The highest BCUT2D eigenvalue weighted by Gasteiger charge is 2.22. The number of thiophene rings is 1. The van der Waals surface area contributed by atoms with Gasteiger partial charge in [0.2, 0.25) is 10.0 Å². The summed E-state index contributed by atoms with van der Waals surface area (Å²) in [5, 5.41) is 3.03. The Hall–Kier alpha value is -0.470. The molecule has 0 bridgehead atoms. The van der Waals surface area contributed by atoms with E-state index in [1.807, 2.05) is 14.0 Å². The van der Waals surface area contributed by atoms with Crippen LogP contribution >= 0.6 is 11.3 Å². The zero-order chi connectivity index (χ0) is 14.6. The van der Waals surface area contributed by atoms with Crippen molar-refractivity contribution in [3.8, 4) is 0 Å². The molecule has 114 valence electrons. The first-order chi connectivity index (χ1) is 9.53. The van der Waals surface area contributed by atoms with E-state index in [0.717, 1.165) is 16.4 Å². The van der Waals surface area contributed by atoms with Gasteiger partial charge in [-0.15, -0.1) is 11.3 Å². The number of aryl methyl sites for hydroxylation is 1. The van der Waals surface area contributed by atoms with Gasteiger partial charge in [-0.3, -0.25) is 0 Å². The molecule has 0 unspecified atom stereocenters. The lowest BCUT2D eigenvalue weighted by Crippen LogP contribution is -2.27. The van der Waals surface area contributed by atoms with E-state index >= 15 is 0 Å². The quantitative estimate of drug-likeness (QED) is 0.677. The lowest BCUT2D eigenvalue weighted by molar-refractivity contribution is 0.129. The Morgan fingerprint density at radius 3 is 2.85 bits per heavy atom. The van der Waals surface area contributed by atoms with Gasteiger partial charge in [0.25, 0.3) is 0 Å². The zero-order valence-electron chi connectivity index (χ0n) is 11.9. The molecule has 0 amide bonds. The Kier molecular flexibility index (Phi) is 5.57. The van der Waals surface area contributed by atoms with E-state index in [0.29, 0.717) is 30.5 Å². The summed E-state index contributed by atoms with van der Waals surface area (Å²) in [6.07, 6.45) is 2.49. The van der Waals surface area contributed by atoms with E-state index in [9.17, 15) is 8.42 Å². The van der Waals surface area contributed by atoms with Crippen LogP contribution in [0.15, 0.2) is 11.0 Å². The number of hydrogen-bond donors (Lipinski definition) is 2. The summed E-state index contributed by atoms with van der Waals surface area (Å²) in [4.78, 5) is 2.23. The van der Waals surface area contributed by atoms with E-state index in [1.165, 1.54) is 24.2 Å². The molecule has 0 saturated heterocycles. The predicted molar refractivity (Wildman–Crippen MR) is 80.6 cm³/mol. The summed E-state index contributed by atoms with van der Waals surface area (Å²) in [5.41, 5.74) is 0. The van der Waals surface area contributed by atoms with Crippen LogP contribution in [0.2, 0.25) is 0 Å². The third-order valence-electron chi connectivity index (χ3n) is 3.15. The molecule has 0 radical (unpaired) electrons. The van der Waals surface area contributed by atoms with Crippen molar-refractivity contribution in [2.75, 3.05) is 26.8 Å². The van der Waals surface area contributed by atoms with Crippen LogP contribution in [0.4, 0.5) is 0 Å². The van der Waals surface area contributed by atoms with Gasteiger partial charge >= 0.3 is 0 Å². The number of ether oxygens (including phenoxy) is 1. The molecule has 1 heterocycles. The van der Waals surface area contributed by atoms with Crippen LogP contribution in [0.25, 0.3) is 0 Å². The molecule has 20 heavy (non-hydrogen) atoms. The molecular weight excluding hydrogens is 296 g/mol. The molecule has 0 aromatic carbocycles. The van der Waals surface area contributed by atoms with Crippen molar-refractivity contribution in [3.05, 3.63) is 15.8 Å². The van der Waals surface area contributed by atoms with Crippen LogP contribution in [0, 0.1) is 12.8 Å². The van der Waals surface area contributed by atoms with Crippen molar-refractivity contribution >= 4 is 21.4 Å².